The highest BCUT2D eigenvalue weighted by molar-refractivity contribution is 5.46. The first kappa shape index (κ1) is 19.6. The van der Waals surface area contributed by atoms with Gasteiger partial charge in [-0.2, -0.15) is 0 Å². The molecule has 0 bridgehead atoms. The van der Waals surface area contributed by atoms with Crippen LogP contribution in [0.15, 0.2) is 48.5 Å². The van der Waals surface area contributed by atoms with Crippen LogP contribution in [0.1, 0.15) is 75.0 Å². The largest absolute Gasteiger partial charge is 0.378 e. The molecule has 136 valence electrons. The summed E-state index contributed by atoms with van der Waals surface area (Å²) < 4.78 is 0. The van der Waals surface area contributed by atoms with Crippen LogP contribution in [0.3, 0.4) is 0 Å². The average molecular weight is 338 g/mol. The second kappa shape index (κ2) is 9.65. The van der Waals surface area contributed by atoms with Crippen molar-refractivity contribution in [3.05, 3.63) is 65.2 Å². The Hall–Kier alpha value is -1.76. The SMILES string of the molecule is CC(C)c1ccc(CCCCCC(C)c2ccc(N(C)C)cc2)cc1. The highest BCUT2D eigenvalue weighted by atomic mass is 15.1. The molecule has 2 rings (SSSR count). The van der Waals surface area contributed by atoms with E-state index in [1.807, 2.05) is 0 Å². The standard InChI is InChI=1S/C24H35N/c1-19(2)22-13-11-21(12-14-22)10-8-6-7-9-20(3)23-15-17-24(18-16-23)25(4)5/h11-20H,6-10H2,1-5H3. The Morgan fingerprint density at radius 1 is 0.720 bits per heavy atom. The Morgan fingerprint density at radius 3 is 1.88 bits per heavy atom. The normalized spacial score (nSPS) is 12.4. The summed E-state index contributed by atoms with van der Waals surface area (Å²) in [7, 11) is 4.18. The first-order valence-corrected chi connectivity index (χ1v) is 9.83. The Kier molecular flexibility index (Phi) is 7.55. The molecule has 0 aliphatic heterocycles. The molecule has 1 heteroatoms. The zero-order valence-corrected chi connectivity index (χ0v) is 16.8. The second-order valence-electron chi connectivity index (χ2n) is 7.88. The van der Waals surface area contributed by atoms with Crippen LogP contribution in [-0.2, 0) is 6.42 Å². The lowest BCUT2D eigenvalue weighted by atomic mass is 9.94. The highest BCUT2D eigenvalue weighted by Gasteiger charge is 2.06. The smallest absolute Gasteiger partial charge is 0.0361 e. The van der Waals surface area contributed by atoms with E-state index in [-0.39, 0.29) is 0 Å². The van der Waals surface area contributed by atoms with Gasteiger partial charge < -0.3 is 4.90 Å². The predicted molar refractivity (Wildman–Crippen MR) is 112 cm³/mol. The predicted octanol–water partition coefficient (Wildman–Crippen LogP) is 6.78. The molecule has 0 amide bonds. The van der Waals surface area contributed by atoms with Crippen LogP contribution in [0.5, 0.6) is 0 Å². The lowest BCUT2D eigenvalue weighted by Gasteiger charge is -2.16. The maximum absolute atomic E-state index is 2.36. The van der Waals surface area contributed by atoms with E-state index < -0.39 is 0 Å². The molecule has 2 aromatic rings. The number of aryl methyl sites for hydroxylation is 1. The van der Waals surface area contributed by atoms with Crippen molar-refractivity contribution in [2.75, 3.05) is 19.0 Å². The van der Waals surface area contributed by atoms with Gasteiger partial charge in [-0.25, -0.2) is 0 Å². The van der Waals surface area contributed by atoms with E-state index >= 15 is 0 Å². The van der Waals surface area contributed by atoms with Gasteiger partial charge in [0.15, 0.2) is 0 Å². The topological polar surface area (TPSA) is 3.24 Å². The molecule has 25 heavy (non-hydrogen) atoms. The molecule has 0 saturated heterocycles. The molecule has 0 spiro atoms. The van der Waals surface area contributed by atoms with E-state index in [0.29, 0.717) is 11.8 Å². The molecule has 0 radical (unpaired) electrons. The number of unbranched alkanes of at least 4 members (excludes halogenated alkanes) is 2. The molecular weight excluding hydrogens is 302 g/mol. The first-order valence-electron chi connectivity index (χ1n) is 9.83. The number of nitrogens with zero attached hydrogens (tertiary/aromatic N) is 1. The van der Waals surface area contributed by atoms with Crippen molar-refractivity contribution >= 4 is 5.69 Å². The first-order chi connectivity index (χ1) is 12.0. The Labute approximate surface area is 155 Å². The van der Waals surface area contributed by atoms with Crippen molar-refractivity contribution in [1.82, 2.24) is 0 Å². The van der Waals surface area contributed by atoms with Crippen LogP contribution in [0.4, 0.5) is 5.69 Å². The van der Waals surface area contributed by atoms with Crippen LogP contribution in [-0.4, -0.2) is 14.1 Å². The monoisotopic (exact) mass is 337 g/mol. The molecule has 0 aromatic heterocycles. The quantitative estimate of drug-likeness (QED) is 0.456. The number of benzene rings is 2. The molecule has 2 aromatic carbocycles. The van der Waals surface area contributed by atoms with Crippen LogP contribution in [0.25, 0.3) is 0 Å². The summed E-state index contributed by atoms with van der Waals surface area (Å²) in [5.74, 6) is 1.28. The van der Waals surface area contributed by atoms with Gasteiger partial charge in [0.1, 0.15) is 0 Å². The number of hydrogen-bond donors (Lipinski definition) is 0. The van der Waals surface area contributed by atoms with Gasteiger partial charge in [-0.15, -0.1) is 0 Å². The molecule has 0 saturated carbocycles. The van der Waals surface area contributed by atoms with Crippen molar-refractivity contribution in [2.24, 2.45) is 0 Å². The fourth-order valence-corrected chi connectivity index (χ4v) is 3.29. The summed E-state index contributed by atoms with van der Waals surface area (Å²) in [4.78, 5) is 2.15. The van der Waals surface area contributed by atoms with Gasteiger partial charge in [-0.1, -0.05) is 70.0 Å². The summed E-state index contributed by atoms with van der Waals surface area (Å²) in [5, 5.41) is 0. The maximum atomic E-state index is 2.36. The zero-order chi connectivity index (χ0) is 18.2. The Balaban J connectivity index is 1.68. The second-order valence-corrected chi connectivity index (χ2v) is 7.88. The highest BCUT2D eigenvalue weighted by Crippen LogP contribution is 2.24. The lowest BCUT2D eigenvalue weighted by Crippen LogP contribution is -2.08. The van der Waals surface area contributed by atoms with E-state index in [9.17, 15) is 0 Å². The van der Waals surface area contributed by atoms with Crippen molar-refractivity contribution < 1.29 is 0 Å². The van der Waals surface area contributed by atoms with Gasteiger partial charge in [0.25, 0.3) is 0 Å². The summed E-state index contributed by atoms with van der Waals surface area (Å²) in [6.45, 7) is 6.86. The minimum atomic E-state index is 0.627. The van der Waals surface area contributed by atoms with Gasteiger partial charge >= 0.3 is 0 Å². The van der Waals surface area contributed by atoms with E-state index in [1.54, 1.807) is 0 Å². The fourth-order valence-electron chi connectivity index (χ4n) is 3.29. The van der Waals surface area contributed by atoms with E-state index in [1.165, 1.54) is 54.5 Å². The molecule has 1 atom stereocenters. The van der Waals surface area contributed by atoms with Crippen LogP contribution in [0, 0.1) is 0 Å². The minimum Gasteiger partial charge on any atom is -0.378 e. The summed E-state index contributed by atoms with van der Waals surface area (Å²) in [6, 6.07) is 18.2. The van der Waals surface area contributed by atoms with Gasteiger partial charge in [0.2, 0.25) is 0 Å². The number of anilines is 1. The number of rotatable bonds is 9. The molecule has 0 heterocycles. The lowest BCUT2D eigenvalue weighted by molar-refractivity contribution is 0.584. The molecule has 0 N–H and O–H groups in total. The third-order valence-corrected chi connectivity index (χ3v) is 5.23. The average Bonchev–Trinajstić information content (AvgIpc) is 2.61. The van der Waals surface area contributed by atoms with E-state index in [4.69, 9.17) is 0 Å². The van der Waals surface area contributed by atoms with Crippen molar-refractivity contribution in [3.63, 3.8) is 0 Å². The van der Waals surface area contributed by atoms with Gasteiger partial charge in [-0.05, 0) is 59.9 Å². The molecule has 0 fully saturated rings. The van der Waals surface area contributed by atoms with Crippen LogP contribution in [0.2, 0.25) is 0 Å². The Bertz CT molecular complexity index is 608. The van der Waals surface area contributed by atoms with Crippen molar-refractivity contribution in [3.8, 4) is 0 Å². The van der Waals surface area contributed by atoms with Gasteiger partial charge in [0.05, 0.1) is 0 Å². The summed E-state index contributed by atoms with van der Waals surface area (Å²) >= 11 is 0. The minimum absolute atomic E-state index is 0.627. The molecule has 0 aliphatic carbocycles. The zero-order valence-electron chi connectivity index (χ0n) is 16.8. The fraction of sp³-hybridized carbons (Fsp3) is 0.500. The summed E-state index contributed by atoms with van der Waals surface area (Å²) in [5.41, 5.74) is 5.67. The Morgan fingerprint density at radius 2 is 1.32 bits per heavy atom. The van der Waals surface area contributed by atoms with E-state index in [0.717, 1.165) is 0 Å². The third-order valence-electron chi connectivity index (χ3n) is 5.23. The molecule has 1 unspecified atom stereocenters. The van der Waals surface area contributed by atoms with Crippen molar-refractivity contribution in [2.45, 2.75) is 64.7 Å². The molecular formula is C24H35N. The van der Waals surface area contributed by atoms with E-state index in [2.05, 4.69) is 88.3 Å². The van der Waals surface area contributed by atoms with Gasteiger partial charge in [0, 0.05) is 19.8 Å². The van der Waals surface area contributed by atoms with Crippen LogP contribution >= 0.6 is 0 Å². The summed E-state index contributed by atoms with van der Waals surface area (Å²) in [6.07, 6.45) is 6.44. The van der Waals surface area contributed by atoms with Crippen LogP contribution < -0.4 is 4.90 Å². The third kappa shape index (κ3) is 6.23. The number of hydrogen-bond acceptors (Lipinski definition) is 1. The van der Waals surface area contributed by atoms with Crippen molar-refractivity contribution in [1.29, 1.82) is 0 Å². The molecule has 0 aliphatic rings. The van der Waals surface area contributed by atoms with Gasteiger partial charge in [-0.3, -0.25) is 0 Å². The molecule has 1 nitrogen and oxygen atoms in total. The maximum Gasteiger partial charge on any atom is 0.0361 e.